The normalized spacial score (nSPS) is 10.7. The number of ketones is 1. The molecule has 0 saturated carbocycles. The Bertz CT molecular complexity index is 1200. The predicted octanol–water partition coefficient (Wildman–Crippen LogP) is 1.72. The summed E-state index contributed by atoms with van der Waals surface area (Å²) in [5.74, 6) is 0.142. The van der Waals surface area contributed by atoms with Gasteiger partial charge < -0.3 is 5.32 Å². The Morgan fingerprint density at radius 2 is 2.00 bits per heavy atom. The summed E-state index contributed by atoms with van der Waals surface area (Å²) in [4.78, 5) is 37.3. The lowest BCUT2D eigenvalue weighted by atomic mass is 10.1. The lowest BCUT2D eigenvalue weighted by Gasteiger charge is -2.11. The number of nitrogens with one attached hydrogen (secondary N) is 1. The number of aromatic nitrogens is 6. The highest BCUT2D eigenvalue weighted by molar-refractivity contribution is 5.99. The van der Waals surface area contributed by atoms with Gasteiger partial charge in [0.2, 0.25) is 5.95 Å². The molecule has 0 atom stereocenters. The quantitative estimate of drug-likeness (QED) is 0.502. The zero-order valence-corrected chi connectivity index (χ0v) is 15.6. The van der Waals surface area contributed by atoms with Crippen molar-refractivity contribution < 1.29 is 4.79 Å². The second kappa shape index (κ2) is 7.85. The van der Waals surface area contributed by atoms with Gasteiger partial charge in [0.15, 0.2) is 5.78 Å². The van der Waals surface area contributed by atoms with Crippen LogP contribution in [0.5, 0.6) is 0 Å². The average molecular weight is 387 g/mol. The SMILES string of the molecule is Cn1c(NCC(=O)c2cccc(-n3cccn3)c2)nc(-c2ccncn2)cc1=O. The Balaban J connectivity index is 1.55. The minimum atomic E-state index is -0.260. The van der Waals surface area contributed by atoms with Gasteiger partial charge in [-0.1, -0.05) is 12.1 Å². The zero-order valence-electron chi connectivity index (χ0n) is 15.6. The van der Waals surface area contributed by atoms with Gasteiger partial charge >= 0.3 is 0 Å². The molecule has 0 spiro atoms. The third-order valence-corrected chi connectivity index (χ3v) is 4.32. The van der Waals surface area contributed by atoms with Crippen molar-refractivity contribution in [1.29, 1.82) is 0 Å². The lowest BCUT2D eigenvalue weighted by molar-refractivity contribution is 0.101. The molecule has 0 aliphatic heterocycles. The maximum atomic E-state index is 12.7. The average Bonchev–Trinajstić information content (AvgIpc) is 3.30. The van der Waals surface area contributed by atoms with Crippen LogP contribution in [-0.2, 0) is 7.05 Å². The fraction of sp³-hybridized carbons (Fsp3) is 0.100. The van der Waals surface area contributed by atoms with Crippen LogP contribution in [0.1, 0.15) is 10.4 Å². The first-order valence-corrected chi connectivity index (χ1v) is 8.83. The van der Waals surface area contributed by atoms with Crippen molar-refractivity contribution in [3.63, 3.8) is 0 Å². The number of benzene rings is 1. The first kappa shape index (κ1) is 18.2. The molecule has 0 unspecified atom stereocenters. The molecule has 0 radical (unpaired) electrons. The van der Waals surface area contributed by atoms with E-state index in [2.05, 4.69) is 25.4 Å². The van der Waals surface area contributed by atoms with Crippen LogP contribution in [0.3, 0.4) is 0 Å². The molecule has 3 aromatic heterocycles. The monoisotopic (exact) mass is 387 g/mol. The minimum Gasteiger partial charge on any atom is -0.348 e. The molecule has 1 aromatic carbocycles. The van der Waals surface area contributed by atoms with Crippen molar-refractivity contribution in [3.8, 4) is 17.1 Å². The standard InChI is InChI=1S/C20H17N7O2/c1-26-19(29)11-17(16-6-8-21-13-23-16)25-20(26)22-12-18(28)14-4-2-5-15(10-14)27-9-3-7-24-27/h2-11,13H,12H2,1H3,(H,22,25). The summed E-state index contributed by atoms with van der Waals surface area (Å²) in [5.41, 5.74) is 1.99. The molecule has 0 aliphatic rings. The van der Waals surface area contributed by atoms with Crippen LogP contribution in [0.25, 0.3) is 17.1 Å². The maximum absolute atomic E-state index is 12.7. The Morgan fingerprint density at radius 3 is 2.76 bits per heavy atom. The summed E-state index contributed by atoms with van der Waals surface area (Å²) in [7, 11) is 1.59. The van der Waals surface area contributed by atoms with E-state index in [-0.39, 0.29) is 23.8 Å². The van der Waals surface area contributed by atoms with Crippen LogP contribution in [0.15, 0.2) is 72.2 Å². The van der Waals surface area contributed by atoms with Crippen LogP contribution in [-0.4, -0.2) is 41.6 Å². The third kappa shape index (κ3) is 3.93. The maximum Gasteiger partial charge on any atom is 0.255 e. The number of Topliss-reactive ketones (excluding diaryl/α,β-unsaturated/α-hetero) is 1. The third-order valence-electron chi connectivity index (χ3n) is 4.32. The number of carbonyl (C=O) groups excluding carboxylic acids is 1. The second-order valence-electron chi connectivity index (χ2n) is 6.23. The molecule has 9 nitrogen and oxygen atoms in total. The van der Waals surface area contributed by atoms with E-state index in [9.17, 15) is 9.59 Å². The highest BCUT2D eigenvalue weighted by Crippen LogP contribution is 2.14. The molecule has 4 aromatic rings. The van der Waals surface area contributed by atoms with Gasteiger partial charge in [0.05, 0.1) is 23.6 Å². The summed E-state index contributed by atoms with van der Waals surface area (Å²) in [6, 6.07) is 12.0. The molecule has 4 rings (SSSR count). The van der Waals surface area contributed by atoms with E-state index >= 15 is 0 Å². The molecule has 0 amide bonds. The molecule has 0 bridgehead atoms. The molecule has 9 heteroatoms. The van der Waals surface area contributed by atoms with Crippen LogP contribution in [0.4, 0.5) is 5.95 Å². The van der Waals surface area contributed by atoms with Gasteiger partial charge in [-0.2, -0.15) is 5.10 Å². The van der Waals surface area contributed by atoms with Crippen LogP contribution < -0.4 is 10.9 Å². The number of carbonyl (C=O) groups is 1. The van der Waals surface area contributed by atoms with Crippen molar-refractivity contribution in [2.75, 3.05) is 11.9 Å². The number of anilines is 1. The van der Waals surface area contributed by atoms with Crippen molar-refractivity contribution in [1.82, 2.24) is 29.3 Å². The van der Waals surface area contributed by atoms with Gasteiger partial charge in [0.1, 0.15) is 6.33 Å². The smallest absolute Gasteiger partial charge is 0.255 e. The van der Waals surface area contributed by atoms with Crippen molar-refractivity contribution in [2.45, 2.75) is 0 Å². The van der Waals surface area contributed by atoms with Gasteiger partial charge in [-0.15, -0.1) is 0 Å². The summed E-state index contributed by atoms with van der Waals surface area (Å²) < 4.78 is 3.03. The molecule has 3 heterocycles. The van der Waals surface area contributed by atoms with Crippen molar-refractivity contribution in [3.05, 3.63) is 83.3 Å². The van der Waals surface area contributed by atoms with Gasteiger partial charge in [-0.25, -0.2) is 19.6 Å². The van der Waals surface area contributed by atoms with E-state index in [4.69, 9.17) is 0 Å². The fourth-order valence-electron chi connectivity index (χ4n) is 2.78. The number of rotatable bonds is 6. The highest BCUT2D eigenvalue weighted by atomic mass is 16.1. The first-order chi connectivity index (χ1) is 14.1. The lowest BCUT2D eigenvalue weighted by Crippen LogP contribution is -2.24. The molecule has 0 fully saturated rings. The number of nitrogens with zero attached hydrogens (tertiary/aromatic N) is 6. The molecular weight excluding hydrogens is 370 g/mol. The van der Waals surface area contributed by atoms with Gasteiger partial charge in [-0.05, 0) is 24.3 Å². The van der Waals surface area contributed by atoms with E-state index < -0.39 is 0 Å². The number of hydrogen-bond donors (Lipinski definition) is 1. The molecule has 144 valence electrons. The van der Waals surface area contributed by atoms with E-state index in [1.54, 1.807) is 54.6 Å². The second-order valence-corrected chi connectivity index (χ2v) is 6.23. The van der Waals surface area contributed by atoms with Crippen LogP contribution >= 0.6 is 0 Å². The van der Waals surface area contributed by atoms with E-state index in [1.165, 1.54) is 17.0 Å². The summed E-state index contributed by atoms with van der Waals surface area (Å²) in [6.07, 6.45) is 6.44. The molecular formula is C20H17N7O2. The van der Waals surface area contributed by atoms with Gasteiger partial charge in [-0.3, -0.25) is 14.2 Å². The highest BCUT2D eigenvalue weighted by Gasteiger charge is 2.12. The van der Waals surface area contributed by atoms with E-state index in [0.29, 0.717) is 17.0 Å². The molecule has 1 N–H and O–H groups in total. The van der Waals surface area contributed by atoms with E-state index in [0.717, 1.165) is 5.69 Å². The van der Waals surface area contributed by atoms with Crippen LogP contribution in [0, 0.1) is 0 Å². The fourth-order valence-corrected chi connectivity index (χ4v) is 2.78. The molecule has 0 aliphatic carbocycles. The Morgan fingerprint density at radius 1 is 1.10 bits per heavy atom. The number of hydrogen-bond acceptors (Lipinski definition) is 7. The Hall–Kier alpha value is -4.14. The minimum absolute atomic E-state index is 0.0178. The van der Waals surface area contributed by atoms with Gasteiger partial charge in [0, 0.05) is 37.3 Å². The largest absolute Gasteiger partial charge is 0.348 e. The van der Waals surface area contributed by atoms with Crippen LogP contribution in [0.2, 0.25) is 0 Å². The van der Waals surface area contributed by atoms with E-state index in [1.807, 2.05) is 12.1 Å². The summed E-state index contributed by atoms with van der Waals surface area (Å²) >= 11 is 0. The summed E-state index contributed by atoms with van der Waals surface area (Å²) in [5, 5.41) is 7.12. The molecule has 29 heavy (non-hydrogen) atoms. The topological polar surface area (TPSA) is 108 Å². The predicted molar refractivity (Wildman–Crippen MR) is 107 cm³/mol. The first-order valence-electron chi connectivity index (χ1n) is 8.83. The van der Waals surface area contributed by atoms with Gasteiger partial charge in [0.25, 0.3) is 5.56 Å². The Kier molecular flexibility index (Phi) is 4.93. The summed E-state index contributed by atoms with van der Waals surface area (Å²) in [6.45, 7) is -0.0178. The zero-order chi connectivity index (χ0) is 20.2. The van der Waals surface area contributed by atoms with Crippen molar-refractivity contribution >= 4 is 11.7 Å². The molecule has 0 saturated heterocycles. The Labute approximate surface area is 165 Å². The van der Waals surface area contributed by atoms with Crippen molar-refractivity contribution in [2.24, 2.45) is 7.05 Å².